The van der Waals surface area contributed by atoms with Crippen molar-refractivity contribution in [3.8, 4) is 11.8 Å². The van der Waals surface area contributed by atoms with Gasteiger partial charge >= 0.3 is 6.18 Å². The van der Waals surface area contributed by atoms with Crippen LogP contribution >= 0.6 is 0 Å². The van der Waals surface area contributed by atoms with Gasteiger partial charge in [-0.15, -0.1) is 0 Å². The molecule has 1 fully saturated rings. The molecule has 3 nitrogen and oxygen atoms in total. The van der Waals surface area contributed by atoms with Gasteiger partial charge in [0, 0.05) is 12.1 Å². The van der Waals surface area contributed by atoms with Crippen molar-refractivity contribution in [3.05, 3.63) is 47.3 Å². The third kappa shape index (κ3) is 2.27. The molecule has 0 atom stereocenters. The Morgan fingerprint density at radius 3 is 2.60 bits per heavy atom. The smallest absolute Gasteiger partial charge is 0.239 e. The maximum absolute atomic E-state index is 12.6. The van der Waals surface area contributed by atoms with Gasteiger partial charge < -0.3 is 0 Å². The van der Waals surface area contributed by atoms with Gasteiger partial charge in [-0.2, -0.15) is 23.5 Å². The lowest BCUT2D eigenvalue weighted by molar-refractivity contribution is -0.137. The van der Waals surface area contributed by atoms with Gasteiger partial charge in [0.15, 0.2) is 0 Å². The summed E-state index contributed by atoms with van der Waals surface area (Å²) in [6.45, 7) is 0. The van der Waals surface area contributed by atoms with Gasteiger partial charge in [-0.05, 0) is 37.1 Å². The predicted octanol–water partition coefficient (Wildman–Crippen LogP) is 3.64. The molecule has 1 saturated carbocycles. The van der Waals surface area contributed by atoms with Gasteiger partial charge in [0.2, 0.25) is 0 Å². The number of rotatable bonds is 2. The zero-order valence-corrected chi connectivity index (χ0v) is 10.4. The molecule has 0 bridgehead atoms. The van der Waals surface area contributed by atoms with E-state index in [9.17, 15) is 13.2 Å². The molecule has 0 aliphatic heterocycles. The number of alkyl halides is 3. The topological polar surface area (TPSA) is 41.6 Å². The highest BCUT2D eigenvalue weighted by Gasteiger charge is 2.31. The number of aromatic nitrogens is 2. The minimum absolute atomic E-state index is 0.0368. The standard InChI is InChI=1S/C14H10F3N3/c15-14(16,17)11-3-4-13(10(7-11)8-18)20-6-5-12(19-20)9-1-2-9/h3-7,9H,1-2H2. The molecule has 1 heterocycles. The molecule has 102 valence electrons. The average molecular weight is 277 g/mol. The van der Waals surface area contributed by atoms with E-state index in [2.05, 4.69) is 5.10 Å². The van der Waals surface area contributed by atoms with E-state index >= 15 is 0 Å². The van der Waals surface area contributed by atoms with Crippen molar-refractivity contribution >= 4 is 0 Å². The third-order valence-corrected chi connectivity index (χ3v) is 3.30. The summed E-state index contributed by atoms with van der Waals surface area (Å²) in [6, 6.07) is 6.75. The Labute approximate surface area is 113 Å². The Morgan fingerprint density at radius 1 is 1.25 bits per heavy atom. The van der Waals surface area contributed by atoms with Gasteiger partial charge in [-0.25, -0.2) is 4.68 Å². The molecule has 0 radical (unpaired) electrons. The minimum atomic E-state index is -4.45. The minimum Gasteiger partial charge on any atom is -0.239 e. The maximum atomic E-state index is 12.6. The summed E-state index contributed by atoms with van der Waals surface area (Å²) in [5.41, 5.74) is 0.429. The molecule has 0 spiro atoms. The van der Waals surface area contributed by atoms with Gasteiger partial charge in [0.1, 0.15) is 6.07 Å². The van der Waals surface area contributed by atoms with Gasteiger partial charge in [-0.1, -0.05) is 0 Å². The van der Waals surface area contributed by atoms with Gasteiger partial charge in [0.05, 0.1) is 22.5 Å². The van der Waals surface area contributed by atoms with E-state index in [0.29, 0.717) is 11.6 Å². The largest absolute Gasteiger partial charge is 0.416 e. The van der Waals surface area contributed by atoms with Gasteiger partial charge in [-0.3, -0.25) is 0 Å². The molecule has 0 saturated heterocycles. The lowest BCUT2D eigenvalue weighted by Crippen LogP contribution is -2.07. The van der Waals surface area contributed by atoms with Crippen LogP contribution in [0.1, 0.15) is 35.6 Å². The first-order valence-corrected chi connectivity index (χ1v) is 6.16. The Bertz CT molecular complexity index is 690. The molecule has 6 heteroatoms. The van der Waals surface area contributed by atoms with E-state index in [0.717, 1.165) is 30.7 Å². The van der Waals surface area contributed by atoms with Crippen molar-refractivity contribution in [2.24, 2.45) is 0 Å². The summed E-state index contributed by atoms with van der Waals surface area (Å²) in [4.78, 5) is 0. The SMILES string of the molecule is N#Cc1cc(C(F)(F)F)ccc1-n1ccc(C2CC2)n1. The highest BCUT2D eigenvalue weighted by molar-refractivity contribution is 5.50. The molecular formula is C14H10F3N3. The number of halogens is 3. The van der Waals surface area contributed by atoms with Crippen LogP contribution in [0.2, 0.25) is 0 Å². The quantitative estimate of drug-likeness (QED) is 0.841. The highest BCUT2D eigenvalue weighted by atomic mass is 19.4. The van der Waals surface area contributed by atoms with E-state index < -0.39 is 11.7 Å². The van der Waals surface area contributed by atoms with E-state index in [1.807, 2.05) is 6.07 Å². The fourth-order valence-corrected chi connectivity index (χ4v) is 2.07. The lowest BCUT2D eigenvalue weighted by atomic mass is 10.1. The van der Waals surface area contributed by atoms with E-state index in [4.69, 9.17) is 5.26 Å². The van der Waals surface area contributed by atoms with Crippen LogP contribution in [0.15, 0.2) is 30.5 Å². The average Bonchev–Trinajstić information content (AvgIpc) is 3.15. The summed E-state index contributed by atoms with van der Waals surface area (Å²) >= 11 is 0. The number of nitriles is 1. The molecule has 3 rings (SSSR count). The summed E-state index contributed by atoms with van der Waals surface area (Å²) < 4.78 is 39.3. The highest BCUT2D eigenvalue weighted by Crippen LogP contribution is 2.39. The van der Waals surface area contributed by atoms with E-state index in [1.165, 1.54) is 10.7 Å². The summed E-state index contributed by atoms with van der Waals surface area (Å²) in [5.74, 6) is 0.455. The van der Waals surface area contributed by atoms with Crippen LogP contribution in [0, 0.1) is 11.3 Å². The zero-order chi connectivity index (χ0) is 14.3. The first-order valence-electron chi connectivity index (χ1n) is 6.16. The van der Waals surface area contributed by atoms with Crippen molar-refractivity contribution in [1.82, 2.24) is 9.78 Å². The Kier molecular flexibility index (Phi) is 2.78. The van der Waals surface area contributed by atoms with Crippen molar-refractivity contribution in [2.45, 2.75) is 24.9 Å². The second-order valence-corrected chi connectivity index (χ2v) is 4.80. The number of nitrogens with zero attached hydrogens (tertiary/aromatic N) is 3. The number of hydrogen-bond donors (Lipinski definition) is 0. The van der Waals surface area contributed by atoms with Crippen LogP contribution in [-0.4, -0.2) is 9.78 Å². The number of hydrogen-bond acceptors (Lipinski definition) is 2. The van der Waals surface area contributed by atoms with E-state index in [1.54, 1.807) is 12.3 Å². The molecule has 0 amide bonds. The first-order chi connectivity index (χ1) is 9.49. The Hall–Kier alpha value is -2.29. The molecule has 1 aliphatic carbocycles. The second-order valence-electron chi connectivity index (χ2n) is 4.80. The monoisotopic (exact) mass is 277 g/mol. The van der Waals surface area contributed by atoms with Crippen LogP contribution in [0.5, 0.6) is 0 Å². The molecular weight excluding hydrogens is 267 g/mol. The Morgan fingerprint density at radius 2 is 2.00 bits per heavy atom. The van der Waals surface area contributed by atoms with Crippen LogP contribution in [0.25, 0.3) is 5.69 Å². The molecule has 20 heavy (non-hydrogen) atoms. The first kappa shape index (κ1) is 12.7. The fourth-order valence-electron chi connectivity index (χ4n) is 2.07. The molecule has 2 aromatic rings. The lowest BCUT2D eigenvalue weighted by Gasteiger charge is -2.09. The van der Waals surface area contributed by atoms with E-state index in [-0.39, 0.29) is 5.56 Å². The maximum Gasteiger partial charge on any atom is 0.416 e. The van der Waals surface area contributed by atoms with Crippen LogP contribution < -0.4 is 0 Å². The van der Waals surface area contributed by atoms with Crippen LogP contribution in [0.3, 0.4) is 0 Å². The summed E-state index contributed by atoms with van der Waals surface area (Å²) in [7, 11) is 0. The number of benzene rings is 1. The summed E-state index contributed by atoms with van der Waals surface area (Å²) in [6.07, 6.45) is -0.589. The van der Waals surface area contributed by atoms with Crippen molar-refractivity contribution in [3.63, 3.8) is 0 Å². The van der Waals surface area contributed by atoms with Crippen molar-refractivity contribution in [1.29, 1.82) is 5.26 Å². The Balaban J connectivity index is 2.02. The molecule has 1 aromatic heterocycles. The second kappa shape index (κ2) is 4.37. The predicted molar refractivity (Wildman–Crippen MR) is 65.3 cm³/mol. The molecule has 1 aliphatic rings. The zero-order valence-electron chi connectivity index (χ0n) is 10.4. The van der Waals surface area contributed by atoms with Crippen LogP contribution in [-0.2, 0) is 6.18 Å². The third-order valence-electron chi connectivity index (χ3n) is 3.30. The molecule has 1 aromatic carbocycles. The van der Waals surface area contributed by atoms with Crippen molar-refractivity contribution < 1.29 is 13.2 Å². The summed E-state index contributed by atoms with van der Waals surface area (Å²) in [5, 5.41) is 13.4. The molecule has 0 N–H and O–H groups in total. The van der Waals surface area contributed by atoms with Crippen molar-refractivity contribution in [2.75, 3.05) is 0 Å². The normalized spacial score (nSPS) is 15.1. The van der Waals surface area contributed by atoms with Crippen LogP contribution in [0.4, 0.5) is 13.2 Å². The van der Waals surface area contributed by atoms with Gasteiger partial charge in [0.25, 0.3) is 0 Å². The molecule has 0 unspecified atom stereocenters. The fraction of sp³-hybridized carbons (Fsp3) is 0.286.